The standard InChI is InChI=1S/C8H14N2O4/c1-14-3-2-10-4-6(7(11)5-10)9-8(12)13/h6,9H,2-5H2,1H3,(H,12,13)/t6-/m1/s1. The number of likely N-dealkylation sites (tertiary alicyclic amines) is 1. The predicted octanol–water partition coefficient (Wildman–Crippen LogP) is -0.846. The minimum Gasteiger partial charge on any atom is -0.465 e. The number of hydrogen-bond acceptors (Lipinski definition) is 4. The van der Waals surface area contributed by atoms with Crippen molar-refractivity contribution < 1.29 is 19.4 Å². The molecule has 80 valence electrons. The van der Waals surface area contributed by atoms with Gasteiger partial charge in [-0.05, 0) is 0 Å². The van der Waals surface area contributed by atoms with Crippen LogP contribution in [0.3, 0.4) is 0 Å². The van der Waals surface area contributed by atoms with Gasteiger partial charge in [-0.2, -0.15) is 0 Å². The van der Waals surface area contributed by atoms with Crippen molar-refractivity contribution in [2.24, 2.45) is 0 Å². The SMILES string of the molecule is COCCN1CC(=O)[C@H](NC(=O)O)C1. The third-order valence-corrected chi connectivity index (χ3v) is 2.12. The molecule has 1 rings (SSSR count). The molecule has 0 saturated carbocycles. The highest BCUT2D eigenvalue weighted by Crippen LogP contribution is 2.04. The van der Waals surface area contributed by atoms with Crippen molar-refractivity contribution in [3.63, 3.8) is 0 Å². The van der Waals surface area contributed by atoms with Crippen molar-refractivity contribution in [3.05, 3.63) is 0 Å². The molecule has 1 heterocycles. The van der Waals surface area contributed by atoms with Crippen molar-refractivity contribution in [3.8, 4) is 0 Å². The van der Waals surface area contributed by atoms with Crippen LogP contribution in [-0.2, 0) is 9.53 Å². The molecule has 6 heteroatoms. The van der Waals surface area contributed by atoms with Crippen LogP contribution in [0, 0.1) is 0 Å². The molecule has 0 aliphatic carbocycles. The minimum absolute atomic E-state index is 0.0801. The van der Waals surface area contributed by atoms with Crippen LogP contribution in [0.4, 0.5) is 4.79 Å². The second-order valence-corrected chi connectivity index (χ2v) is 3.20. The molecule has 1 saturated heterocycles. The molecule has 1 amide bonds. The van der Waals surface area contributed by atoms with E-state index in [1.807, 2.05) is 4.90 Å². The number of ketones is 1. The van der Waals surface area contributed by atoms with E-state index in [4.69, 9.17) is 9.84 Å². The summed E-state index contributed by atoms with van der Waals surface area (Å²) in [5.74, 6) is -0.0801. The van der Waals surface area contributed by atoms with Crippen LogP contribution in [0.25, 0.3) is 0 Å². The molecule has 14 heavy (non-hydrogen) atoms. The summed E-state index contributed by atoms with van der Waals surface area (Å²) < 4.78 is 4.87. The van der Waals surface area contributed by atoms with Gasteiger partial charge in [0.1, 0.15) is 6.04 Å². The molecule has 1 fully saturated rings. The van der Waals surface area contributed by atoms with E-state index in [1.165, 1.54) is 0 Å². The van der Waals surface area contributed by atoms with E-state index >= 15 is 0 Å². The first-order valence-electron chi connectivity index (χ1n) is 4.37. The lowest BCUT2D eigenvalue weighted by molar-refractivity contribution is -0.118. The van der Waals surface area contributed by atoms with E-state index in [1.54, 1.807) is 7.11 Å². The van der Waals surface area contributed by atoms with Gasteiger partial charge in [-0.1, -0.05) is 0 Å². The number of hydrogen-bond donors (Lipinski definition) is 2. The summed E-state index contributed by atoms with van der Waals surface area (Å²) in [6, 6.07) is -0.579. The van der Waals surface area contributed by atoms with Crippen LogP contribution in [0.5, 0.6) is 0 Å². The number of methoxy groups -OCH3 is 1. The lowest BCUT2D eigenvalue weighted by atomic mass is 10.2. The van der Waals surface area contributed by atoms with E-state index < -0.39 is 12.1 Å². The molecule has 1 atom stereocenters. The van der Waals surface area contributed by atoms with Gasteiger partial charge in [0.05, 0.1) is 13.2 Å². The molecule has 0 radical (unpaired) electrons. The van der Waals surface area contributed by atoms with E-state index in [9.17, 15) is 9.59 Å². The molecular formula is C8H14N2O4. The number of nitrogens with one attached hydrogen (secondary N) is 1. The highest BCUT2D eigenvalue weighted by Gasteiger charge is 2.31. The Balaban J connectivity index is 2.35. The minimum atomic E-state index is -1.16. The summed E-state index contributed by atoms with van der Waals surface area (Å²) in [7, 11) is 1.59. The molecule has 0 aromatic rings. The number of carboxylic acid groups (broad SMARTS) is 1. The fourth-order valence-corrected chi connectivity index (χ4v) is 1.42. The number of amides is 1. The first-order valence-corrected chi connectivity index (χ1v) is 4.37. The molecule has 6 nitrogen and oxygen atoms in total. The Bertz CT molecular complexity index is 231. The highest BCUT2D eigenvalue weighted by molar-refractivity contribution is 5.90. The number of nitrogens with zero attached hydrogens (tertiary/aromatic N) is 1. The van der Waals surface area contributed by atoms with Crippen molar-refractivity contribution >= 4 is 11.9 Å². The topological polar surface area (TPSA) is 78.9 Å². The van der Waals surface area contributed by atoms with E-state index in [2.05, 4.69) is 5.32 Å². The molecule has 0 aromatic carbocycles. The number of carbonyl (C=O) groups excluding carboxylic acids is 1. The van der Waals surface area contributed by atoms with Gasteiger partial charge in [-0.25, -0.2) is 4.79 Å². The van der Waals surface area contributed by atoms with Gasteiger partial charge in [0.25, 0.3) is 0 Å². The summed E-state index contributed by atoms with van der Waals surface area (Å²) >= 11 is 0. The van der Waals surface area contributed by atoms with Gasteiger partial charge in [0.2, 0.25) is 0 Å². The third kappa shape index (κ3) is 2.97. The highest BCUT2D eigenvalue weighted by atomic mass is 16.5. The van der Waals surface area contributed by atoms with E-state index in [0.29, 0.717) is 26.2 Å². The van der Waals surface area contributed by atoms with Crippen LogP contribution in [0.15, 0.2) is 0 Å². The lowest BCUT2D eigenvalue weighted by Gasteiger charge is -2.13. The van der Waals surface area contributed by atoms with Crippen LogP contribution in [0.2, 0.25) is 0 Å². The van der Waals surface area contributed by atoms with Crippen molar-refractivity contribution in [2.75, 3.05) is 33.4 Å². The molecule has 1 aliphatic heterocycles. The van der Waals surface area contributed by atoms with Gasteiger partial charge in [0.15, 0.2) is 5.78 Å². The summed E-state index contributed by atoms with van der Waals surface area (Å²) in [4.78, 5) is 23.5. The summed E-state index contributed by atoms with van der Waals surface area (Å²) in [6.07, 6.45) is -1.16. The maximum absolute atomic E-state index is 11.3. The van der Waals surface area contributed by atoms with Crippen molar-refractivity contribution in [1.82, 2.24) is 10.2 Å². The average molecular weight is 202 g/mol. The fraction of sp³-hybridized carbons (Fsp3) is 0.750. The molecule has 0 bridgehead atoms. The van der Waals surface area contributed by atoms with Gasteiger partial charge < -0.3 is 15.2 Å². The Labute approximate surface area is 81.8 Å². The second kappa shape index (κ2) is 4.92. The zero-order valence-electron chi connectivity index (χ0n) is 8.02. The first-order chi connectivity index (χ1) is 6.63. The smallest absolute Gasteiger partial charge is 0.405 e. The zero-order chi connectivity index (χ0) is 10.6. The molecular weight excluding hydrogens is 188 g/mol. The van der Waals surface area contributed by atoms with E-state index in [-0.39, 0.29) is 5.78 Å². The number of rotatable bonds is 4. The average Bonchev–Trinajstić information content (AvgIpc) is 2.43. The first kappa shape index (κ1) is 10.9. The van der Waals surface area contributed by atoms with Crippen LogP contribution < -0.4 is 5.32 Å². The Morgan fingerprint density at radius 1 is 1.79 bits per heavy atom. The van der Waals surface area contributed by atoms with Crippen LogP contribution in [0.1, 0.15) is 0 Å². The van der Waals surface area contributed by atoms with Crippen LogP contribution in [-0.4, -0.2) is 61.3 Å². The van der Waals surface area contributed by atoms with Gasteiger partial charge >= 0.3 is 6.09 Å². The molecule has 0 spiro atoms. The summed E-state index contributed by atoms with van der Waals surface area (Å²) in [5, 5.41) is 10.6. The molecule has 2 N–H and O–H groups in total. The summed E-state index contributed by atoms with van der Waals surface area (Å²) in [5.41, 5.74) is 0. The quantitative estimate of drug-likeness (QED) is 0.621. The Kier molecular flexibility index (Phi) is 3.84. The van der Waals surface area contributed by atoms with Crippen molar-refractivity contribution in [1.29, 1.82) is 0 Å². The lowest BCUT2D eigenvalue weighted by Crippen LogP contribution is -2.40. The third-order valence-electron chi connectivity index (χ3n) is 2.12. The maximum Gasteiger partial charge on any atom is 0.405 e. The van der Waals surface area contributed by atoms with E-state index in [0.717, 1.165) is 0 Å². The molecule has 1 aliphatic rings. The Hall–Kier alpha value is -1.14. The normalized spacial score (nSPS) is 22.6. The fourth-order valence-electron chi connectivity index (χ4n) is 1.42. The molecule has 0 aromatic heterocycles. The monoisotopic (exact) mass is 202 g/mol. The van der Waals surface area contributed by atoms with Crippen molar-refractivity contribution in [2.45, 2.75) is 6.04 Å². The number of carbonyl (C=O) groups is 2. The van der Waals surface area contributed by atoms with Gasteiger partial charge in [-0.3, -0.25) is 9.69 Å². The summed E-state index contributed by atoms with van der Waals surface area (Å²) in [6.45, 7) is 1.94. The van der Waals surface area contributed by atoms with Gasteiger partial charge in [0, 0.05) is 20.2 Å². The van der Waals surface area contributed by atoms with Crippen LogP contribution >= 0.6 is 0 Å². The molecule has 0 unspecified atom stereocenters. The predicted molar refractivity (Wildman–Crippen MR) is 48.3 cm³/mol. The maximum atomic E-state index is 11.3. The number of Topliss-reactive ketones (excluding diaryl/α,β-unsaturated/α-hetero) is 1. The zero-order valence-corrected chi connectivity index (χ0v) is 8.02. The number of ether oxygens (including phenoxy) is 1. The Morgan fingerprint density at radius 3 is 3.07 bits per heavy atom. The largest absolute Gasteiger partial charge is 0.465 e. The van der Waals surface area contributed by atoms with Gasteiger partial charge in [-0.15, -0.1) is 0 Å². The Morgan fingerprint density at radius 2 is 2.50 bits per heavy atom. The second-order valence-electron chi connectivity index (χ2n) is 3.20.